The number of nitrogens with zero attached hydrogens (tertiary/aromatic N) is 1. The Balaban J connectivity index is 1.89. The Bertz CT molecular complexity index is 1180. The zero-order valence-corrected chi connectivity index (χ0v) is 24.5. The van der Waals surface area contributed by atoms with E-state index < -0.39 is 23.8 Å². The molecule has 42 heavy (non-hydrogen) atoms. The lowest BCUT2D eigenvalue weighted by Gasteiger charge is -2.34. The second-order valence-corrected chi connectivity index (χ2v) is 10.7. The van der Waals surface area contributed by atoms with E-state index in [9.17, 15) is 27.9 Å². The molecule has 3 rings (SSSR count). The fourth-order valence-corrected chi connectivity index (χ4v) is 4.73. The van der Waals surface area contributed by atoms with Gasteiger partial charge in [-0.1, -0.05) is 6.92 Å². The molecule has 0 radical (unpaired) electrons. The zero-order valence-electron chi connectivity index (χ0n) is 24.5. The molecule has 1 aliphatic rings. The van der Waals surface area contributed by atoms with Crippen molar-refractivity contribution in [3.8, 4) is 5.75 Å². The number of nitrogens with one attached hydrogen (secondary N) is 3. The molecule has 0 saturated heterocycles. The van der Waals surface area contributed by atoms with Crippen LogP contribution in [0.2, 0.25) is 0 Å². The number of hydrogen-bond donors (Lipinski definition) is 4. The number of halogens is 3. The van der Waals surface area contributed by atoms with Crippen molar-refractivity contribution in [1.82, 2.24) is 10.2 Å². The Hall–Kier alpha value is -3.35. The largest absolute Gasteiger partial charge is 0.490 e. The summed E-state index contributed by atoms with van der Waals surface area (Å²) in [6.45, 7) is 6.93. The number of carbonyl (C=O) groups excluding carboxylic acids is 2. The molecule has 0 spiro atoms. The van der Waals surface area contributed by atoms with E-state index in [1.165, 1.54) is 6.07 Å². The third-order valence-corrected chi connectivity index (χ3v) is 7.18. The molecule has 2 aromatic rings. The molecule has 0 aliphatic carbocycles. The van der Waals surface area contributed by atoms with Gasteiger partial charge in [0.25, 0.3) is 5.91 Å². The fraction of sp³-hybridized carbons (Fsp3) is 0.533. The normalized spacial score (nSPS) is 21.5. The maximum Gasteiger partial charge on any atom is 0.416 e. The molecule has 0 unspecified atom stereocenters. The Labute approximate surface area is 244 Å². The third kappa shape index (κ3) is 9.33. The quantitative estimate of drug-likeness (QED) is 0.358. The van der Waals surface area contributed by atoms with Crippen LogP contribution in [0.25, 0.3) is 0 Å². The molecule has 0 aromatic heterocycles. The fourth-order valence-electron chi connectivity index (χ4n) is 4.73. The summed E-state index contributed by atoms with van der Waals surface area (Å²) in [5.74, 6) is -0.0841. The van der Waals surface area contributed by atoms with Crippen LogP contribution >= 0.6 is 0 Å². The first-order valence-electron chi connectivity index (χ1n) is 14.2. The van der Waals surface area contributed by atoms with Gasteiger partial charge in [0.05, 0.1) is 36.0 Å². The molecule has 0 bridgehead atoms. The number of urea groups is 1. The minimum Gasteiger partial charge on any atom is -0.490 e. The molecule has 232 valence electrons. The van der Waals surface area contributed by atoms with Gasteiger partial charge in [-0.15, -0.1) is 0 Å². The van der Waals surface area contributed by atoms with Gasteiger partial charge in [0.15, 0.2) is 0 Å². The number of benzene rings is 2. The predicted octanol–water partition coefficient (Wildman–Crippen LogP) is 5.36. The summed E-state index contributed by atoms with van der Waals surface area (Å²) >= 11 is 0. The first-order valence-corrected chi connectivity index (χ1v) is 14.2. The molecular weight excluding hydrogens is 553 g/mol. The Kier molecular flexibility index (Phi) is 12.0. The van der Waals surface area contributed by atoms with Crippen LogP contribution in [0.5, 0.6) is 5.75 Å². The molecule has 2 aromatic carbocycles. The lowest BCUT2D eigenvalue weighted by atomic mass is 10.0. The van der Waals surface area contributed by atoms with E-state index in [1.807, 2.05) is 20.9 Å². The van der Waals surface area contributed by atoms with Gasteiger partial charge in [-0.2, -0.15) is 13.2 Å². The van der Waals surface area contributed by atoms with E-state index in [0.29, 0.717) is 25.4 Å². The summed E-state index contributed by atoms with van der Waals surface area (Å²) in [6.07, 6.45) is -2.34. The summed E-state index contributed by atoms with van der Waals surface area (Å²) in [5.41, 5.74) is -0.163. The number of anilines is 2. The molecular formula is C30H41F3N4O5. The summed E-state index contributed by atoms with van der Waals surface area (Å²) < 4.78 is 50.9. The molecule has 12 heteroatoms. The van der Waals surface area contributed by atoms with Crippen LogP contribution in [0, 0.1) is 5.92 Å². The monoisotopic (exact) mass is 594 g/mol. The number of carbonyl (C=O) groups is 2. The maximum absolute atomic E-state index is 14.0. The van der Waals surface area contributed by atoms with E-state index >= 15 is 0 Å². The molecule has 1 aliphatic heterocycles. The minimum atomic E-state index is -4.48. The average molecular weight is 595 g/mol. The molecule has 4 N–H and O–H groups in total. The van der Waals surface area contributed by atoms with Crippen LogP contribution in [0.15, 0.2) is 42.5 Å². The number of aliphatic hydroxyl groups excluding tert-OH is 1. The topological polar surface area (TPSA) is 112 Å². The van der Waals surface area contributed by atoms with Crippen LogP contribution in [-0.2, 0) is 10.9 Å². The summed E-state index contributed by atoms with van der Waals surface area (Å²) in [4.78, 5) is 28.3. The summed E-state index contributed by atoms with van der Waals surface area (Å²) in [5, 5.41) is 18.3. The van der Waals surface area contributed by atoms with Crippen molar-refractivity contribution in [1.29, 1.82) is 0 Å². The van der Waals surface area contributed by atoms with Gasteiger partial charge in [0.1, 0.15) is 5.75 Å². The van der Waals surface area contributed by atoms with Crippen LogP contribution in [-0.4, -0.2) is 73.5 Å². The van der Waals surface area contributed by atoms with Gasteiger partial charge in [0, 0.05) is 37.0 Å². The number of aliphatic hydroxyl groups is 1. The first kappa shape index (κ1) is 33.2. The van der Waals surface area contributed by atoms with Crippen molar-refractivity contribution in [3.05, 3.63) is 53.6 Å². The van der Waals surface area contributed by atoms with Gasteiger partial charge < -0.3 is 35.4 Å². The summed E-state index contributed by atoms with van der Waals surface area (Å²) in [6, 6.07) is 7.58. The highest BCUT2D eigenvalue weighted by Gasteiger charge is 2.31. The SMILES string of the molecule is CNC[C@H]1OCCCC[C@@H](C)Oc2ccc(NC(=O)Nc3ccc(C(F)(F)F)cc3)cc2C(=O)N([C@@H](C)CO)C[C@H]1C. The van der Waals surface area contributed by atoms with Crippen molar-refractivity contribution in [2.24, 2.45) is 5.92 Å². The predicted molar refractivity (Wildman–Crippen MR) is 155 cm³/mol. The van der Waals surface area contributed by atoms with Crippen molar-refractivity contribution in [3.63, 3.8) is 0 Å². The van der Waals surface area contributed by atoms with Crippen molar-refractivity contribution in [2.75, 3.05) is 44.0 Å². The maximum atomic E-state index is 14.0. The number of fused-ring (bicyclic) bond motifs is 1. The first-order chi connectivity index (χ1) is 19.9. The van der Waals surface area contributed by atoms with Gasteiger partial charge in [-0.25, -0.2) is 4.79 Å². The number of ether oxygens (including phenoxy) is 2. The van der Waals surface area contributed by atoms with E-state index in [-0.39, 0.29) is 47.6 Å². The minimum absolute atomic E-state index is 0.0579. The Morgan fingerprint density at radius 2 is 1.76 bits per heavy atom. The molecule has 1 heterocycles. The lowest BCUT2D eigenvalue weighted by Crippen LogP contribution is -2.47. The Morgan fingerprint density at radius 3 is 2.40 bits per heavy atom. The smallest absolute Gasteiger partial charge is 0.416 e. The van der Waals surface area contributed by atoms with E-state index in [4.69, 9.17) is 9.47 Å². The second-order valence-electron chi connectivity index (χ2n) is 10.7. The Morgan fingerprint density at radius 1 is 1.10 bits per heavy atom. The molecule has 3 amide bonds. The van der Waals surface area contributed by atoms with E-state index in [2.05, 4.69) is 16.0 Å². The number of hydrogen-bond acceptors (Lipinski definition) is 6. The van der Waals surface area contributed by atoms with E-state index in [0.717, 1.165) is 43.5 Å². The second kappa shape index (κ2) is 15.2. The number of amides is 3. The van der Waals surface area contributed by atoms with Gasteiger partial charge in [-0.05, 0) is 82.6 Å². The van der Waals surface area contributed by atoms with Crippen LogP contribution < -0.4 is 20.7 Å². The average Bonchev–Trinajstić information content (AvgIpc) is 2.94. The van der Waals surface area contributed by atoms with E-state index in [1.54, 1.807) is 24.0 Å². The van der Waals surface area contributed by atoms with Gasteiger partial charge in [0.2, 0.25) is 0 Å². The molecule has 0 saturated carbocycles. The van der Waals surface area contributed by atoms with Gasteiger partial charge >= 0.3 is 12.2 Å². The number of alkyl halides is 3. The third-order valence-electron chi connectivity index (χ3n) is 7.18. The highest BCUT2D eigenvalue weighted by molar-refractivity contribution is 6.02. The van der Waals surface area contributed by atoms with Crippen molar-refractivity contribution >= 4 is 23.3 Å². The van der Waals surface area contributed by atoms with Crippen LogP contribution in [0.1, 0.15) is 56.0 Å². The van der Waals surface area contributed by atoms with Crippen molar-refractivity contribution < 1.29 is 37.3 Å². The van der Waals surface area contributed by atoms with Crippen molar-refractivity contribution in [2.45, 2.75) is 64.5 Å². The highest BCUT2D eigenvalue weighted by Crippen LogP contribution is 2.31. The highest BCUT2D eigenvalue weighted by atomic mass is 19.4. The molecule has 0 fully saturated rings. The number of likely N-dealkylation sites (N-methyl/N-ethyl adjacent to an activating group) is 1. The van der Waals surface area contributed by atoms with Crippen LogP contribution in [0.4, 0.5) is 29.3 Å². The summed E-state index contributed by atoms with van der Waals surface area (Å²) in [7, 11) is 1.85. The standard InChI is InChI=1S/C30H41F3N4O5/c1-19-17-37(20(2)18-38)28(39)25-15-24(36-29(40)35-23-10-8-22(9-11-23)30(31,32)33)12-13-26(25)42-21(3)7-5-6-14-41-27(19)16-34-4/h8-13,15,19-21,27,34,38H,5-7,14,16-18H2,1-4H3,(H2,35,36,40)/t19-,20+,21-,27-/m1/s1. The number of rotatable bonds is 6. The van der Waals surface area contributed by atoms with Crippen LogP contribution in [0.3, 0.4) is 0 Å². The van der Waals surface area contributed by atoms with Gasteiger partial charge in [-0.3, -0.25) is 4.79 Å². The lowest BCUT2D eigenvalue weighted by molar-refractivity contribution is -0.137. The molecule has 9 nitrogen and oxygen atoms in total. The molecule has 4 atom stereocenters. The zero-order chi connectivity index (χ0) is 30.9.